The molecule has 0 saturated carbocycles. The Hall–Kier alpha value is -2.66. The van der Waals surface area contributed by atoms with Crippen LogP contribution in [0.1, 0.15) is 37.9 Å². The number of rotatable bonds is 3. The van der Waals surface area contributed by atoms with Gasteiger partial charge in [0.05, 0.1) is 11.6 Å². The molecular weight excluding hydrogens is 364 g/mol. The van der Waals surface area contributed by atoms with Crippen LogP contribution >= 0.6 is 11.6 Å². The zero-order chi connectivity index (χ0) is 19.9. The Labute approximate surface area is 163 Å². The van der Waals surface area contributed by atoms with E-state index in [1.807, 2.05) is 6.92 Å². The SMILES string of the molecule is Cc1cc(Cl)ccc1N1C(=O)C(O)=C(C(=O)C(C)(C)C)C1c1ccncc1. The number of hydrogen-bond acceptors (Lipinski definition) is 4. The molecule has 2 aromatic rings. The van der Waals surface area contributed by atoms with Crippen molar-refractivity contribution in [1.82, 2.24) is 4.98 Å². The number of aliphatic hydroxyl groups is 1. The van der Waals surface area contributed by atoms with Gasteiger partial charge < -0.3 is 5.11 Å². The largest absolute Gasteiger partial charge is 0.503 e. The van der Waals surface area contributed by atoms with Crippen molar-refractivity contribution in [2.24, 2.45) is 5.41 Å². The van der Waals surface area contributed by atoms with Gasteiger partial charge in [-0.15, -0.1) is 0 Å². The minimum absolute atomic E-state index is 0.105. The molecule has 0 radical (unpaired) electrons. The van der Waals surface area contributed by atoms with Crippen molar-refractivity contribution in [2.75, 3.05) is 4.90 Å². The maximum atomic E-state index is 13.1. The molecule has 0 saturated heterocycles. The van der Waals surface area contributed by atoms with Gasteiger partial charge in [0.2, 0.25) is 0 Å². The number of aryl methyl sites for hydroxylation is 1. The second-order valence-corrected chi connectivity index (χ2v) is 8.07. The topological polar surface area (TPSA) is 70.5 Å². The number of nitrogens with zero attached hydrogens (tertiary/aromatic N) is 2. The van der Waals surface area contributed by atoms with E-state index in [1.54, 1.807) is 63.5 Å². The lowest BCUT2D eigenvalue weighted by Gasteiger charge is -2.29. The van der Waals surface area contributed by atoms with Crippen LogP contribution < -0.4 is 4.90 Å². The highest BCUT2D eigenvalue weighted by atomic mass is 35.5. The van der Waals surface area contributed by atoms with E-state index >= 15 is 0 Å². The summed E-state index contributed by atoms with van der Waals surface area (Å²) >= 11 is 6.06. The second-order valence-electron chi connectivity index (χ2n) is 7.63. The van der Waals surface area contributed by atoms with Crippen LogP contribution in [0.3, 0.4) is 0 Å². The number of carbonyl (C=O) groups is 2. The normalized spacial score (nSPS) is 17.6. The first-order chi connectivity index (χ1) is 12.6. The molecule has 1 unspecified atom stereocenters. The van der Waals surface area contributed by atoms with E-state index in [-0.39, 0.29) is 11.4 Å². The molecule has 0 bridgehead atoms. The van der Waals surface area contributed by atoms with Crippen molar-refractivity contribution >= 4 is 29.0 Å². The molecule has 3 rings (SSSR count). The molecule has 1 aromatic carbocycles. The first-order valence-electron chi connectivity index (χ1n) is 8.60. The third-order valence-corrected chi connectivity index (χ3v) is 4.81. The highest BCUT2D eigenvalue weighted by Crippen LogP contribution is 2.44. The third-order valence-electron chi connectivity index (χ3n) is 4.57. The summed E-state index contributed by atoms with van der Waals surface area (Å²) in [6.07, 6.45) is 3.20. The number of benzene rings is 1. The number of anilines is 1. The highest BCUT2D eigenvalue weighted by molar-refractivity contribution is 6.30. The molecule has 140 valence electrons. The maximum absolute atomic E-state index is 13.1. The summed E-state index contributed by atoms with van der Waals surface area (Å²) < 4.78 is 0. The molecule has 0 spiro atoms. The Morgan fingerprint density at radius 2 is 1.81 bits per heavy atom. The number of amides is 1. The number of Topliss-reactive ketones (excluding diaryl/α,β-unsaturated/α-hetero) is 1. The summed E-state index contributed by atoms with van der Waals surface area (Å²) in [4.78, 5) is 31.5. The predicted octanol–water partition coefficient (Wildman–Crippen LogP) is 4.56. The summed E-state index contributed by atoms with van der Waals surface area (Å²) in [5.41, 5.74) is 1.42. The lowest BCUT2D eigenvalue weighted by Crippen LogP contribution is -2.33. The van der Waals surface area contributed by atoms with Crippen LogP contribution in [0, 0.1) is 12.3 Å². The van der Waals surface area contributed by atoms with Gasteiger partial charge in [-0.1, -0.05) is 32.4 Å². The zero-order valence-electron chi connectivity index (χ0n) is 15.7. The van der Waals surface area contributed by atoms with Gasteiger partial charge >= 0.3 is 0 Å². The molecule has 1 aromatic heterocycles. The molecule has 1 N–H and O–H groups in total. The van der Waals surface area contributed by atoms with Crippen LogP contribution in [0.2, 0.25) is 5.02 Å². The van der Waals surface area contributed by atoms with Crippen molar-refractivity contribution in [2.45, 2.75) is 33.7 Å². The van der Waals surface area contributed by atoms with E-state index in [0.717, 1.165) is 5.56 Å². The summed E-state index contributed by atoms with van der Waals surface area (Å²) in [5, 5.41) is 11.2. The fourth-order valence-corrected chi connectivity index (χ4v) is 3.47. The van der Waals surface area contributed by atoms with Crippen LogP contribution in [-0.4, -0.2) is 21.8 Å². The number of pyridine rings is 1. The molecular formula is C21H21ClN2O3. The fraction of sp³-hybridized carbons (Fsp3) is 0.286. The maximum Gasteiger partial charge on any atom is 0.294 e. The van der Waals surface area contributed by atoms with Crippen molar-refractivity contribution in [3.05, 3.63) is 70.2 Å². The molecule has 27 heavy (non-hydrogen) atoms. The van der Waals surface area contributed by atoms with Crippen LogP contribution in [0.25, 0.3) is 0 Å². The van der Waals surface area contributed by atoms with Crippen LogP contribution in [-0.2, 0) is 9.59 Å². The number of halogens is 1. The summed E-state index contributed by atoms with van der Waals surface area (Å²) in [6, 6.07) is 7.90. The summed E-state index contributed by atoms with van der Waals surface area (Å²) in [5.74, 6) is -1.38. The monoisotopic (exact) mass is 384 g/mol. The molecule has 1 atom stereocenters. The zero-order valence-corrected chi connectivity index (χ0v) is 16.4. The van der Waals surface area contributed by atoms with Gasteiger partial charge in [-0.25, -0.2) is 0 Å². The van der Waals surface area contributed by atoms with Gasteiger partial charge in [-0.2, -0.15) is 0 Å². The molecule has 0 fully saturated rings. The molecule has 6 heteroatoms. The summed E-state index contributed by atoms with van der Waals surface area (Å²) in [7, 11) is 0. The Bertz CT molecular complexity index is 946. The number of aromatic nitrogens is 1. The van der Waals surface area contributed by atoms with E-state index in [2.05, 4.69) is 4.98 Å². The lowest BCUT2D eigenvalue weighted by molar-refractivity contribution is -0.123. The van der Waals surface area contributed by atoms with Crippen LogP contribution in [0.4, 0.5) is 5.69 Å². The van der Waals surface area contributed by atoms with E-state index in [4.69, 9.17) is 11.6 Å². The first kappa shape index (κ1) is 19.1. The summed E-state index contributed by atoms with van der Waals surface area (Å²) in [6.45, 7) is 7.12. The number of carbonyl (C=O) groups excluding carboxylic acids is 2. The minimum Gasteiger partial charge on any atom is -0.503 e. The second kappa shape index (κ2) is 6.82. The standard InChI is InChI=1S/C21H21ClN2O3/c1-12-11-14(22)5-6-15(12)24-17(13-7-9-23-10-8-13)16(18(25)20(24)27)19(26)21(2,3)4/h5-11,17,25H,1-4H3. The Morgan fingerprint density at radius 3 is 2.37 bits per heavy atom. The highest BCUT2D eigenvalue weighted by Gasteiger charge is 2.46. The van der Waals surface area contributed by atoms with E-state index in [9.17, 15) is 14.7 Å². The molecule has 0 aliphatic carbocycles. The number of aliphatic hydroxyl groups excluding tert-OH is 1. The van der Waals surface area contributed by atoms with Crippen molar-refractivity contribution in [1.29, 1.82) is 0 Å². The molecule has 1 amide bonds. The predicted molar refractivity (Wildman–Crippen MR) is 105 cm³/mol. The van der Waals surface area contributed by atoms with Crippen molar-refractivity contribution in [3.63, 3.8) is 0 Å². The van der Waals surface area contributed by atoms with Gasteiger partial charge in [0.25, 0.3) is 5.91 Å². The van der Waals surface area contributed by atoms with Gasteiger partial charge in [-0.05, 0) is 48.4 Å². The van der Waals surface area contributed by atoms with E-state index in [1.165, 1.54) is 4.90 Å². The number of ketones is 1. The Morgan fingerprint density at radius 1 is 1.19 bits per heavy atom. The average molecular weight is 385 g/mol. The van der Waals surface area contributed by atoms with Crippen molar-refractivity contribution in [3.8, 4) is 0 Å². The van der Waals surface area contributed by atoms with Gasteiger partial charge in [0.1, 0.15) is 0 Å². The molecule has 1 aliphatic heterocycles. The van der Waals surface area contributed by atoms with Gasteiger partial charge in [0.15, 0.2) is 11.5 Å². The van der Waals surface area contributed by atoms with E-state index in [0.29, 0.717) is 16.3 Å². The smallest absolute Gasteiger partial charge is 0.294 e. The van der Waals surface area contributed by atoms with Gasteiger partial charge in [0, 0.05) is 28.5 Å². The quantitative estimate of drug-likeness (QED) is 0.842. The van der Waals surface area contributed by atoms with Crippen LogP contribution in [0.5, 0.6) is 0 Å². The first-order valence-corrected chi connectivity index (χ1v) is 8.98. The Balaban J connectivity index is 2.23. The van der Waals surface area contributed by atoms with Crippen molar-refractivity contribution < 1.29 is 14.7 Å². The molecule has 1 aliphatic rings. The fourth-order valence-electron chi connectivity index (χ4n) is 3.24. The van der Waals surface area contributed by atoms with E-state index < -0.39 is 23.1 Å². The Kier molecular flexibility index (Phi) is 4.82. The number of hydrogen-bond donors (Lipinski definition) is 1. The minimum atomic E-state index is -0.750. The molecule has 2 heterocycles. The lowest BCUT2D eigenvalue weighted by atomic mass is 9.82. The van der Waals surface area contributed by atoms with Gasteiger partial charge in [-0.3, -0.25) is 19.5 Å². The molecule has 5 nitrogen and oxygen atoms in total. The third kappa shape index (κ3) is 3.35. The average Bonchev–Trinajstić information content (AvgIpc) is 2.86. The van der Waals surface area contributed by atoms with Crippen LogP contribution in [0.15, 0.2) is 54.1 Å².